The highest BCUT2D eigenvalue weighted by Gasteiger charge is 2.12. The van der Waals surface area contributed by atoms with Gasteiger partial charge in [-0.1, -0.05) is 0 Å². The summed E-state index contributed by atoms with van der Waals surface area (Å²) in [6.07, 6.45) is 4.34. The van der Waals surface area contributed by atoms with Crippen LogP contribution in [0.5, 0.6) is 0 Å². The minimum atomic E-state index is 0.511. The first kappa shape index (κ1) is 9.69. The molecule has 1 rings (SSSR count). The molecule has 0 N–H and O–H groups in total. The van der Waals surface area contributed by atoms with Gasteiger partial charge in [-0.25, -0.2) is 0 Å². The highest BCUT2D eigenvalue weighted by molar-refractivity contribution is 7.99. The number of halogens is 1. The normalized spacial score (nSPS) is 25.4. The monoisotopic (exact) mass is 194 g/mol. The Hall–Kier alpha value is 0.600. The third-order valence-electron chi connectivity index (χ3n) is 1.80. The zero-order valence-corrected chi connectivity index (χ0v) is 8.29. The van der Waals surface area contributed by atoms with Crippen LogP contribution in [0.2, 0.25) is 0 Å². The van der Waals surface area contributed by atoms with Crippen molar-refractivity contribution in [2.24, 2.45) is 0 Å². The average molecular weight is 195 g/mol. The molecule has 0 radical (unpaired) electrons. The van der Waals surface area contributed by atoms with E-state index in [0.717, 1.165) is 24.0 Å². The number of hydrogen-bond acceptors (Lipinski definition) is 2. The Bertz CT molecular complexity index is 94.1. The molecule has 1 nitrogen and oxygen atoms in total. The van der Waals surface area contributed by atoms with Gasteiger partial charge in [0.1, 0.15) is 0 Å². The van der Waals surface area contributed by atoms with Crippen LogP contribution in [-0.4, -0.2) is 30.1 Å². The van der Waals surface area contributed by atoms with E-state index in [4.69, 9.17) is 16.3 Å². The van der Waals surface area contributed by atoms with Crippen LogP contribution >= 0.6 is 23.4 Å². The second kappa shape index (κ2) is 6.15. The number of alkyl halides is 1. The molecule has 1 fully saturated rings. The number of hydrogen-bond donors (Lipinski definition) is 0. The molecule has 0 aliphatic carbocycles. The van der Waals surface area contributed by atoms with Gasteiger partial charge in [-0.2, -0.15) is 11.8 Å². The maximum Gasteiger partial charge on any atom is 0.0665 e. The van der Waals surface area contributed by atoms with Crippen LogP contribution in [0.3, 0.4) is 0 Å². The molecular weight excluding hydrogens is 180 g/mol. The third kappa shape index (κ3) is 4.24. The van der Waals surface area contributed by atoms with E-state index in [-0.39, 0.29) is 0 Å². The van der Waals surface area contributed by atoms with Gasteiger partial charge in [0.05, 0.1) is 6.10 Å². The number of ether oxygens (including phenoxy) is 1. The molecule has 0 aromatic carbocycles. The average Bonchev–Trinajstić information content (AvgIpc) is 2.07. The van der Waals surface area contributed by atoms with Gasteiger partial charge in [0, 0.05) is 24.0 Å². The van der Waals surface area contributed by atoms with E-state index in [1.165, 1.54) is 19.3 Å². The molecule has 1 unspecified atom stereocenters. The lowest BCUT2D eigenvalue weighted by molar-refractivity contribution is 0.0315. The molecule has 0 bridgehead atoms. The van der Waals surface area contributed by atoms with Gasteiger partial charge < -0.3 is 4.74 Å². The van der Waals surface area contributed by atoms with Crippen LogP contribution in [0, 0.1) is 0 Å². The molecule has 1 aliphatic heterocycles. The number of thioether (sulfide) groups is 1. The predicted molar refractivity (Wildman–Crippen MR) is 51.6 cm³/mol. The van der Waals surface area contributed by atoms with E-state index in [9.17, 15) is 0 Å². The molecule has 11 heavy (non-hydrogen) atoms. The van der Waals surface area contributed by atoms with Crippen molar-refractivity contribution in [2.45, 2.75) is 25.4 Å². The molecule has 1 atom stereocenters. The van der Waals surface area contributed by atoms with Gasteiger partial charge in [0.2, 0.25) is 0 Å². The van der Waals surface area contributed by atoms with Gasteiger partial charge in [-0.3, -0.25) is 0 Å². The molecular formula is C8H15ClOS. The van der Waals surface area contributed by atoms with Crippen molar-refractivity contribution in [1.82, 2.24) is 0 Å². The first-order valence-corrected chi connectivity index (χ1v) is 5.87. The smallest absolute Gasteiger partial charge is 0.0665 e. The summed E-state index contributed by atoms with van der Waals surface area (Å²) in [6, 6.07) is 0. The van der Waals surface area contributed by atoms with Crippen molar-refractivity contribution in [3.05, 3.63) is 0 Å². The zero-order valence-electron chi connectivity index (χ0n) is 6.72. The van der Waals surface area contributed by atoms with Crippen molar-refractivity contribution < 1.29 is 4.74 Å². The minimum Gasteiger partial charge on any atom is -0.377 e. The standard InChI is InChI=1S/C8H15ClOS/c9-4-6-11-7-8-3-1-2-5-10-8/h8H,1-7H2. The summed E-state index contributed by atoms with van der Waals surface area (Å²) >= 11 is 7.46. The van der Waals surface area contributed by atoms with E-state index in [1.807, 2.05) is 11.8 Å². The summed E-state index contributed by atoms with van der Waals surface area (Å²) < 4.78 is 5.56. The Morgan fingerprint density at radius 2 is 2.36 bits per heavy atom. The molecule has 0 amide bonds. The van der Waals surface area contributed by atoms with E-state index < -0.39 is 0 Å². The van der Waals surface area contributed by atoms with Crippen LogP contribution in [-0.2, 0) is 4.74 Å². The fraction of sp³-hybridized carbons (Fsp3) is 1.00. The van der Waals surface area contributed by atoms with Gasteiger partial charge >= 0.3 is 0 Å². The summed E-state index contributed by atoms with van der Waals surface area (Å²) in [7, 11) is 0. The summed E-state index contributed by atoms with van der Waals surface area (Å²) in [5.41, 5.74) is 0. The van der Waals surface area contributed by atoms with Crippen molar-refractivity contribution in [1.29, 1.82) is 0 Å². The topological polar surface area (TPSA) is 9.23 Å². The third-order valence-corrected chi connectivity index (χ3v) is 3.31. The summed E-state index contributed by atoms with van der Waals surface area (Å²) in [5, 5.41) is 0. The highest BCUT2D eigenvalue weighted by atomic mass is 35.5. The van der Waals surface area contributed by atoms with E-state index in [0.29, 0.717) is 6.10 Å². The summed E-state index contributed by atoms with van der Waals surface area (Å²) in [4.78, 5) is 0. The summed E-state index contributed by atoms with van der Waals surface area (Å²) in [5.74, 6) is 2.95. The van der Waals surface area contributed by atoms with Crippen LogP contribution < -0.4 is 0 Å². The Kier molecular flexibility index (Phi) is 5.42. The van der Waals surface area contributed by atoms with Gasteiger partial charge in [-0.15, -0.1) is 11.6 Å². The Morgan fingerprint density at radius 1 is 1.45 bits per heavy atom. The fourth-order valence-corrected chi connectivity index (χ4v) is 2.34. The highest BCUT2D eigenvalue weighted by Crippen LogP contribution is 2.16. The predicted octanol–water partition coefficient (Wildman–Crippen LogP) is 2.53. The van der Waals surface area contributed by atoms with Gasteiger partial charge in [0.15, 0.2) is 0 Å². The SMILES string of the molecule is ClCCSCC1CCCCO1. The van der Waals surface area contributed by atoms with Crippen molar-refractivity contribution in [2.75, 3.05) is 24.0 Å². The van der Waals surface area contributed by atoms with Crippen molar-refractivity contribution in [3.8, 4) is 0 Å². The summed E-state index contributed by atoms with van der Waals surface area (Å²) in [6.45, 7) is 0.964. The largest absolute Gasteiger partial charge is 0.377 e. The first-order chi connectivity index (χ1) is 5.43. The molecule has 0 aromatic rings. The molecule has 3 heteroatoms. The Morgan fingerprint density at radius 3 is 3.00 bits per heavy atom. The second-order valence-electron chi connectivity index (χ2n) is 2.75. The van der Waals surface area contributed by atoms with Crippen molar-refractivity contribution in [3.63, 3.8) is 0 Å². The number of rotatable bonds is 4. The van der Waals surface area contributed by atoms with E-state index in [2.05, 4.69) is 0 Å². The maximum atomic E-state index is 5.56. The zero-order chi connectivity index (χ0) is 7.94. The van der Waals surface area contributed by atoms with Crippen LogP contribution in [0.25, 0.3) is 0 Å². The van der Waals surface area contributed by atoms with Crippen LogP contribution in [0.15, 0.2) is 0 Å². The maximum absolute atomic E-state index is 5.56. The van der Waals surface area contributed by atoms with Crippen LogP contribution in [0.1, 0.15) is 19.3 Å². The lowest BCUT2D eigenvalue weighted by Gasteiger charge is -2.21. The van der Waals surface area contributed by atoms with E-state index in [1.54, 1.807) is 0 Å². The van der Waals surface area contributed by atoms with Crippen LogP contribution in [0.4, 0.5) is 0 Å². The molecule has 1 aliphatic rings. The Balaban J connectivity index is 1.96. The quantitative estimate of drug-likeness (QED) is 0.503. The molecule has 1 heterocycles. The van der Waals surface area contributed by atoms with Crippen molar-refractivity contribution >= 4 is 23.4 Å². The van der Waals surface area contributed by atoms with E-state index >= 15 is 0 Å². The van der Waals surface area contributed by atoms with Gasteiger partial charge in [-0.05, 0) is 19.3 Å². The molecule has 0 spiro atoms. The fourth-order valence-electron chi connectivity index (χ4n) is 1.21. The first-order valence-electron chi connectivity index (χ1n) is 4.19. The lowest BCUT2D eigenvalue weighted by atomic mass is 10.1. The molecule has 1 saturated heterocycles. The molecule has 0 saturated carbocycles. The van der Waals surface area contributed by atoms with Gasteiger partial charge in [0.25, 0.3) is 0 Å². The second-order valence-corrected chi connectivity index (χ2v) is 4.28. The Labute approximate surface area is 77.8 Å². The minimum absolute atomic E-state index is 0.511. The molecule has 66 valence electrons. The lowest BCUT2D eigenvalue weighted by Crippen LogP contribution is -2.21. The molecule has 0 aromatic heterocycles.